The second kappa shape index (κ2) is 9.62. The molecule has 3 aromatic rings. The van der Waals surface area contributed by atoms with Crippen LogP contribution in [0, 0.1) is 12.8 Å². The number of alkyl halides is 3. The van der Waals surface area contributed by atoms with E-state index in [1.54, 1.807) is 30.3 Å². The molecule has 1 amide bonds. The summed E-state index contributed by atoms with van der Waals surface area (Å²) in [5.74, 6) is 0.866. The summed E-state index contributed by atoms with van der Waals surface area (Å²) in [6, 6.07) is 12.2. The minimum atomic E-state index is -4.45. The van der Waals surface area contributed by atoms with Gasteiger partial charge in [0.2, 0.25) is 11.8 Å². The highest BCUT2D eigenvalue weighted by molar-refractivity contribution is 5.93. The van der Waals surface area contributed by atoms with Gasteiger partial charge in [-0.25, -0.2) is 9.97 Å². The van der Waals surface area contributed by atoms with Gasteiger partial charge in [0.25, 0.3) is 0 Å². The summed E-state index contributed by atoms with van der Waals surface area (Å²) in [5.41, 5.74) is 0.441. The smallest absolute Gasteiger partial charge is 0.416 e. The first-order chi connectivity index (χ1) is 16.2. The van der Waals surface area contributed by atoms with E-state index in [4.69, 9.17) is 4.74 Å². The molecule has 0 unspecified atom stereocenters. The fourth-order valence-corrected chi connectivity index (χ4v) is 3.44. The Morgan fingerprint density at radius 1 is 1.00 bits per heavy atom. The summed E-state index contributed by atoms with van der Waals surface area (Å²) < 4.78 is 45.0. The topological polar surface area (TPSA) is 81.2 Å². The number of benzene rings is 2. The lowest BCUT2D eigenvalue weighted by Gasteiger charge is -2.12. The Bertz CT molecular complexity index is 1210. The fourth-order valence-electron chi connectivity index (χ4n) is 3.44. The monoisotopic (exact) mass is 469 g/mol. The number of hydrogen-bond acceptors (Lipinski definition) is 5. The number of ketones is 1. The quantitative estimate of drug-likeness (QED) is 0.484. The number of anilines is 1. The molecule has 2 aromatic carbocycles. The van der Waals surface area contributed by atoms with Gasteiger partial charge >= 0.3 is 6.18 Å². The van der Waals surface area contributed by atoms with Crippen molar-refractivity contribution in [2.45, 2.75) is 38.8 Å². The maximum atomic E-state index is 13.1. The molecule has 0 spiro atoms. The zero-order valence-corrected chi connectivity index (χ0v) is 18.4. The van der Waals surface area contributed by atoms with Crippen LogP contribution in [0.2, 0.25) is 0 Å². The van der Waals surface area contributed by atoms with Gasteiger partial charge in [-0.1, -0.05) is 24.3 Å². The Morgan fingerprint density at radius 2 is 1.68 bits per heavy atom. The van der Waals surface area contributed by atoms with Crippen LogP contribution in [0.5, 0.6) is 11.6 Å². The summed E-state index contributed by atoms with van der Waals surface area (Å²) >= 11 is 0. The number of carbonyl (C=O) groups excluding carboxylic acids is 2. The third kappa shape index (κ3) is 6.18. The van der Waals surface area contributed by atoms with Crippen LogP contribution in [0.3, 0.4) is 0 Å². The first-order valence-electron chi connectivity index (χ1n) is 10.8. The number of hydrogen-bond donors (Lipinski definition) is 1. The minimum absolute atomic E-state index is 0.0484. The van der Waals surface area contributed by atoms with Crippen molar-refractivity contribution in [3.8, 4) is 11.6 Å². The van der Waals surface area contributed by atoms with Gasteiger partial charge in [0.15, 0.2) is 0 Å². The molecule has 1 fully saturated rings. The Hall–Kier alpha value is -3.75. The lowest BCUT2D eigenvalue weighted by molar-refractivity contribution is -0.138. The Morgan fingerprint density at radius 3 is 2.35 bits per heavy atom. The highest BCUT2D eigenvalue weighted by Gasteiger charge is 2.32. The van der Waals surface area contributed by atoms with Crippen LogP contribution in [0.4, 0.5) is 19.0 Å². The van der Waals surface area contributed by atoms with Crippen molar-refractivity contribution < 1.29 is 27.5 Å². The number of aryl methyl sites for hydroxylation is 1. The molecule has 4 rings (SSSR count). The van der Waals surface area contributed by atoms with Gasteiger partial charge in [-0.2, -0.15) is 13.2 Å². The van der Waals surface area contributed by atoms with E-state index in [-0.39, 0.29) is 41.9 Å². The van der Waals surface area contributed by atoms with Gasteiger partial charge in [-0.15, -0.1) is 0 Å². The molecular formula is C25H22F3N3O3. The molecule has 34 heavy (non-hydrogen) atoms. The van der Waals surface area contributed by atoms with Gasteiger partial charge in [-0.3, -0.25) is 9.59 Å². The number of ether oxygens (including phenoxy) is 1. The lowest BCUT2D eigenvalue weighted by Crippen LogP contribution is -2.14. The molecule has 0 bridgehead atoms. The molecule has 1 heterocycles. The summed E-state index contributed by atoms with van der Waals surface area (Å²) in [5, 5.41) is 2.73. The molecule has 1 aliphatic rings. The lowest BCUT2D eigenvalue weighted by atomic mass is 9.99. The zero-order chi connectivity index (χ0) is 24.3. The third-order valence-electron chi connectivity index (χ3n) is 5.40. The van der Waals surface area contributed by atoms with Crippen LogP contribution in [0.15, 0.2) is 54.9 Å². The molecule has 1 saturated carbocycles. The zero-order valence-electron chi connectivity index (χ0n) is 18.4. The van der Waals surface area contributed by atoms with Crippen LogP contribution in [0.25, 0.3) is 0 Å². The Labute approximate surface area is 194 Å². The molecule has 0 saturated heterocycles. The molecule has 1 N–H and O–H groups in total. The van der Waals surface area contributed by atoms with Crippen molar-refractivity contribution in [1.29, 1.82) is 0 Å². The number of aromatic nitrogens is 2. The van der Waals surface area contributed by atoms with E-state index in [1.165, 1.54) is 25.4 Å². The molecule has 9 heteroatoms. The van der Waals surface area contributed by atoms with Crippen LogP contribution in [-0.2, 0) is 28.6 Å². The predicted octanol–water partition coefficient (Wildman–Crippen LogP) is 5.30. The first kappa shape index (κ1) is 23.4. The van der Waals surface area contributed by atoms with Crippen molar-refractivity contribution in [2.75, 3.05) is 5.32 Å². The normalized spacial score (nSPS) is 13.4. The second-order valence-electron chi connectivity index (χ2n) is 8.29. The molecule has 6 nitrogen and oxygen atoms in total. The number of halogens is 3. The average molecular weight is 469 g/mol. The highest BCUT2D eigenvalue weighted by atomic mass is 19.4. The van der Waals surface area contributed by atoms with Crippen molar-refractivity contribution >= 4 is 17.5 Å². The largest absolute Gasteiger partial charge is 0.439 e. The number of carbonyl (C=O) groups is 2. The minimum Gasteiger partial charge on any atom is -0.439 e. The van der Waals surface area contributed by atoms with Gasteiger partial charge in [0, 0.05) is 24.8 Å². The number of nitrogens with zero attached hydrogens (tertiary/aromatic N) is 2. The summed E-state index contributed by atoms with van der Waals surface area (Å²) in [4.78, 5) is 32.3. The van der Waals surface area contributed by atoms with E-state index < -0.39 is 11.7 Å². The predicted molar refractivity (Wildman–Crippen MR) is 118 cm³/mol. The van der Waals surface area contributed by atoms with Crippen LogP contribution in [0.1, 0.15) is 35.1 Å². The Kier molecular flexibility index (Phi) is 6.63. The third-order valence-corrected chi connectivity index (χ3v) is 5.40. The molecule has 1 aliphatic carbocycles. The maximum Gasteiger partial charge on any atom is 0.416 e. The standard InChI is InChI=1S/C25H22F3N3O3/c1-15-2-3-17(12-21(15)25(26,27)28)11-19(32)10-16-4-8-20(9-5-16)34-23-13-22(29-14-30-23)31-24(33)18-6-7-18/h2-5,8-9,12-14,18H,6-7,10-11H2,1H3,(H,29,30,31,33). The summed E-state index contributed by atoms with van der Waals surface area (Å²) in [7, 11) is 0. The summed E-state index contributed by atoms with van der Waals surface area (Å²) in [6.07, 6.45) is -1.39. The van der Waals surface area contributed by atoms with Crippen LogP contribution >= 0.6 is 0 Å². The number of nitrogens with one attached hydrogen (secondary N) is 1. The van der Waals surface area contributed by atoms with E-state index in [9.17, 15) is 22.8 Å². The van der Waals surface area contributed by atoms with Gasteiger partial charge in [0.05, 0.1) is 5.56 Å². The van der Waals surface area contributed by atoms with Crippen molar-refractivity contribution in [3.63, 3.8) is 0 Å². The molecule has 0 radical (unpaired) electrons. The van der Waals surface area contributed by atoms with Gasteiger partial charge in [0.1, 0.15) is 23.7 Å². The summed E-state index contributed by atoms with van der Waals surface area (Å²) in [6.45, 7) is 1.39. The molecule has 176 valence electrons. The molecule has 0 atom stereocenters. The maximum absolute atomic E-state index is 13.1. The van der Waals surface area contributed by atoms with E-state index >= 15 is 0 Å². The molecular weight excluding hydrogens is 447 g/mol. The van der Waals surface area contributed by atoms with Crippen molar-refractivity contribution in [1.82, 2.24) is 9.97 Å². The van der Waals surface area contributed by atoms with Crippen molar-refractivity contribution in [2.24, 2.45) is 5.92 Å². The van der Waals surface area contributed by atoms with E-state index in [0.717, 1.165) is 18.9 Å². The molecule has 1 aromatic heterocycles. The van der Waals surface area contributed by atoms with Crippen LogP contribution in [-0.4, -0.2) is 21.7 Å². The SMILES string of the molecule is Cc1ccc(CC(=O)Cc2ccc(Oc3cc(NC(=O)C4CC4)ncn3)cc2)cc1C(F)(F)F. The molecule has 0 aliphatic heterocycles. The number of rotatable bonds is 8. The number of Topliss-reactive ketones (excluding diaryl/α,β-unsaturated/α-hetero) is 1. The number of amides is 1. The van der Waals surface area contributed by atoms with Gasteiger partial charge < -0.3 is 10.1 Å². The van der Waals surface area contributed by atoms with E-state index in [2.05, 4.69) is 15.3 Å². The fraction of sp³-hybridized carbons (Fsp3) is 0.280. The van der Waals surface area contributed by atoms with E-state index in [1.807, 2.05) is 0 Å². The first-order valence-corrected chi connectivity index (χ1v) is 10.8. The van der Waals surface area contributed by atoms with Crippen LogP contribution < -0.4 is 10.1 Å². The van der Waals surface area contributed by atoms with Crippen molar-refractivity contribution in [3.05, 3.63) is 77.1 Å². The Balaban J connectivity index is 1.34. The van der Waals surface area contributed by atoms with Gasteiger partial charge in [-0.05, 0) is 54.7 Å². The average Bonchev–Trinajstić information content (AvgIpc) is 3.62. The van der Waals surface area contributed by atoms with E-state index in [0.29, 0.717) is 22.7 Å². The second-order valence-corrected chi connectivity index (χ2v) is 8.29. The highest BCUT2D eigenvalue weighted by Crippen LogP contribution is 2.33.